The molecule has 1 aromatic heterocycles. The lowest BCUT2D eigenvalue weighted by atomic mass is 9.98. The molecule has 1 heterocycles. The molecule has 0 spiro atoms. The topological polar surface area (TPSA) is 74.2 Å². The highest BCUT2D eigenvalue weighted by Gasteiger charge is 2.16. The van der Waals surface area contributed by atoms with Crippen molar-refractivity contribution >= 4 is 12.4 Å². The van der Waals surface area contributed by atoms with Crippen LogP contribution in [0.3, 0.4) is 0 Å². The largest absolute Gasteiger partial charge is 0.368 e. The SMILES string of the molecule is Cl.NCc1ccc(-c2noc(COC3CCCCC3)n2)cc1. The van der Waals surface area contributed by atoms with Crippen LogP contribution >= 0.6 is 12.4 Å². The van der Waals surface area contributed by atoms with Gasteiger partial charge in [0.2, 0.25) is 5.82 Å². The summed E-state index contributed by atoms with van der Waals surface area (Å²) in [4.78, 5) is 4.39. The molecule has 1 aromatic carbocycles. The zero-order valence-corrected chi connectivity index (χ0v) is 13.3. The Kier molecular flexibility index (Phi) is 6.36. The van der Waals surface area contributed by atoms with Crippen molar-refractivity contribution in [3.05, 3.63) is 35.7 Å². The first-order chi connectivity index (χ1) is 10.3. The van der Waals surface area contributed by atoms with E-state index in [1.807, 2.05) is 24.3 Å². The zero-order valence-electron chi connectivity index (χ0n) is 12.5. The van der Waals surface area contributed by atoms with Crippen molar-refractivity contribution in [1.82, 2.24) is 10.1 Å². The number of rotatable bonds is 5. The minimum Gasteiger partial charge on any atom is -0.368 e. The Hall–Kier alpha value is -1.43. The van der Waals surface area contributed by atoms with Crippen molar-refractivity contribution in [3.63, 3.8) is 0 Å². The lowest BCUT2D eigenvalue weighted by Gasteiger charge is -2.20. The van der Waals surface area contributed by atoms with Crippen molar-refractivity contribution in [2.24, 2.45) is 5.73 Å². The third kappa shape index (κ3) is 4.29. The summed E-state index contributed by atoms with van der Waals surface area (Å²) in [6, 6.07) is 7.87. The number of benzene rings is 1. The predicted octanol–water partition coefficient (Wildman–Crippen LogP) is 3.47. The molecule has 1 saturated carbocycles. The summed E-state index contributed by atoms with van der Waals surface area (Å²) in [5.74, 6) is 1.14. The quantitative estimate of drug-likeness (QED) is 0.912. The van der Waals surface area contributed by atoms with Crippen LogP contribution in [-0.2, 0) is 17.9 Å². The molecular formula is C16H22ClN3O2. The van der Waals surface area contributed by atoms with E-state index in [-0.39, 0.29) is 12.4 Å². The fourth-order valence-electron chi connectivity index (χ4n) is 2.64. The molecular weight excluding hydrogens is 302 g/mol. The number of nitrogens with two attached hydrogens (primary N) is 1. The van der Waals surface area contributed by atoms with E-state index in [2.05, 4.69) is 10.1 Å². The van der Waals surface area contributed by atoms with E-state index in [1.54, 1.807) is 0 Å². The van der Waals surface area contributed by atoms with Gasteiger partial charge in [-0.05, 0) is 18.4 Å². The van der Waals surface area contributed by atoms with E-state index in [1.165, 1.54) is 19.3 Å². The Morgan fingerprint density at radius 1 is 1.14 bits per heavy atom. The molecule has 0 saturated heterocycles. The van der Waals surface area contributed by atoms with Crippen LogP contribution in [0, 0.1) is 0 Å². The molecule has 0 radical (unpaired) electrons. The van der Waals surface area contributed by atoms with E-state index >= 15 is 0 Å². The molecule has 1 aliphatic carbocycles. The summed E-state index contributed by atoms with van der Waals surface area (Å²) in [7, 11) is 0. The summed E-state index contributed by atoms with van der Waals surface area (Å²) < 4.78 is 11.1. The second kappa shape index (κ2) is 8.27. The first-order valence-electron chi connectivity index (χ1n) is 7.59. The van der Waals surface area contributed by atoms with Gasteiger partial charge in [-0.3, -0.25) is 0 Å². The summed E-state index contributed by atoms with van der Waals surface area (Å²) in [6.45, 7) is 0.936. The van der Waals surface area contributed by atoms with Gasteiger partial charge in [-0.2, -0.15) is 4.98 Å². The van der Waals surface area contributed by atoms with Gasteiger partial charge in [0.15, 0.2) is 0 Å². The average Bonchev–Trinajstić information content (AvgIpc) is 3.03. The molecule has 3 rings (SSSR count). The molecule has 120 valence electrons. The Morgan fingerprint density at radius 3 is 2.55 bits per heavy atom. The van der Waals surface area contributed by atoms with Crippen LogP contribution in [0.4, 0.5) is 0 Å². The highest BCUT2D eigenvalue weighted by molar-refractivity contribution is 5.85. The van der Waals surface area contributed by atoms with Crippen LogP contribution in [0.1, 0.15) is 43.6 Å². The van der Waals surface area contributed by atoms with Gasteiger partial charge in [-0.1, -0.05) is 48.7 Å². The molecule has 2 N–H and O–H groups in total. The van der Waals surface area contributed by atoms with E-state index in [4.69, 9.17) is 15.0 Å². The van der Waals surface area contributed by atoms with Crippen molar-refractivity contribution in [1.29, 1.82) is 0 Å². The maximum atomic E-state index is 5.84. The molecule has 1 fully saturated rings. The Balaban J connectivity index is 0.00000176. The van der Waals surface area contributed by atoms with Gasteiger partial charge in [0.25, 0.3) is 5.89 Å². The van der Waals surface area contributed by atoms with Gasteiger partial charge in [0, 0.05) is 12.1 Å². The lowest BCUT2D eigenvalue weighted by molar-refractivity contribution is 0.00462. The molecule has 0 bridgehead atoms. The highest BCUT2D eigenvalue weighted by atomic mass is 35.5. The summed E-state index contributed by atoms with van der Waals surface area (Å²) in [5.41, 5.74) is 7.60. The molecule has 0 atom stereocenters. The normalized spacial score (nSPS) is 15.5. The zero-order chi connectivity index (χ0) is 14.5. The number of nitrogens with zero attached hydrogens (tertiary/aromatic N) is 2. The van der Waals surface area contributed by atoms with Crippen molar-refractivity contribution in [3.8, 4) is 11.4 Å². The highest BCUT2D eigenvalue weighted by Crippen LogP contribution is 2.22. The Bertz CT molecular complexity index is 565. The minimum absolute atomic E-state index is 0. The number of aromatic nitrogens is 2. The number of halogens is 1. The maximum absolute atomic E-state index is 5.84. The first kappa shape index (κ1) is 16.9. The van der Waals surface area contributed by atoms with Crippen molar-refractivity contribution in [2.45, 2.75) is 51.4 Å². The second-order valence-electron chi connectivity index (χ2n) is 5.48. The number of hydrogen-bond donors (Lipinski definition) is 1. The molecule has 6 heteroatoms. The number of hydrogen-bond acceptors (Lipinski definition) is 5. The van der Waals surface area contributed by atoms with Gasteiger partial charge in [0.1, 0.15) is 6.61 Å². The van der Waals surface area contributed by atoms with Gasteiger partial charge in [-0.15, -0.1) is 12.4 Å². The van der Waals surface area contributed by atoms with Crippen LogP contribution in [-0.4, -0.2) is 16.2 Å². The standard InChI is InChI=1S/C16H21N3O2.ClH/c17-10-12-6-8-13(9-7-12)16-18-15(21-19-16)11-20-14-4-2-1-3-5-14;/h6-9,14H,1-5,10-11,17H2;1H. The monoisotopic (exact) mass is 323 g/mol. The van der Waals surface area contributed by atoms with Crippen LogP contribution in [0.15, 0.2) is 28.8 Å². The van der Waals surface area contributed by atoms with E-state index in [9.17, 15) is 0 Å². The minimum atomic E-state index is 0. The van der Waals surface area contributed by atoms with Crippen LogP contribution in [0.5, 0.6) is 0 Å². The van der Waals surface area contributed by atoms with Gasteiger partial charge in [0.05, 0.1) is 6.10 Å². The van der Waals surface area contributed by atoms with E-state index in [0.717, 1.165) is 24.0 Å². The predicted molar refractivity (Wildman–Crippen MR) is 86.5 cm³/mol. The maximum Gasteiger partial charge on any atom is 0.252 e. The smallest absolute Gasteiger partial charge is 0.252 e. The summed E-state index contributed by atoms with van der Waals surface area (Å²) in [5, 5.41) is 4.01. The molecule has 2 aromatic rings. The van der Waals surface area contributed by atoms with E-state index in [0.29, 0.717) is 31.0 Å². The Morgan fingerprint density at radius 2 is 1.86 bits per heavy atom. The van der Waals surface area contributed by atoms with Gasteiger partial charge >= 0.3 is 0 Å². The molecule has 22 heavy (non-hydrogen) atoms. The third-order valence-corrected chi connectivity index (χ3v) is 3.91. The summed E-state index contributed by atoms with van der Waals surface area (Å²) >= 11 is 0. The van der Waals surface area contributed by atoms with Crippen molar-refractivity contribution < 1.29 is 9.26 Å². The van der Waals surface area contributed by atoms with Crippen LogP contribution in [0.2, 0.25) is 0 Å². The van der Waals surface area contributed by atoms with Gasteiger partial charge < -0.3 is 15.0 Å². The van der Waals surface area contributed by atoms with Gasteiger partial charge in [-0.25, -0.2) is 0 Å². The van der Waals surface area contributed by atoms with Crippen LogP contribution in [0.25, 0.3) is 11.4 Å². The molecule has 0 amide bonds. The lowest BCUT2D eigenvalue weighted by Crippen LogP contribution is -2.16. The van der Waals surface area contributed by atoms with Crippen LogP contribution < -0.4 is 5.73 Å². The molecule has 5 nitrogen and oxygen atoms in total. The molecule has 0 unspecified atom stereocenters. The fourth-order valence-corrected chi connectivity index (χ4v) is 2.64. The van der Waals surface area contributed by atoms with Crippen molar-refractivity contribution in [2.75, 3.05) is 0 Å². The Labute approximate surface area is 136 Å². The average molecular weight is 324 g/mol. The molecule has 0 aliphatic heterocycles. The number of ether oxygens (including phenoxy) is 1. The summed E-state index contributed by atoms with van der Waals surface area (Å²) in [6.07, 6.45) is 6.46. The van der Waals surface area contributed by atoms with E-state index < -0.39 is 0 Å². The third-order valence-electron chi connectivity index (χ3n) is 3.91. The first-order valence-corrected chi connectivity index (χ1v) is 7.59. The molecule has 1 aliphatic rings. The second-order valence-corrected chi connectivity index (χ2v) is 5.48. The fraction of sp³-hybridized carbons (Fsp3) is 0.500.